The van der Waals surface area contributed by atoms with E-state index in [0.29, 0.717) is 6.04 Å². The van der Waals surface area contributed by atoms with Gasteiger partial charge in [-0.3, -0.25) is 0 Å². The van der Waals surface area contributed by atoms with Crippen molar-refractivity contribution < 1.29 is 0 Å². The number of likely N-dealkylation sites (N-methyl/N-ethyl adjacent to an activating group) is 1. The second-order valence-electron chi connectivity index (χ2n) is 5.67. The molecule has 1 aromatic carbocycles. The Labute approximate surface area is 119 Å². The van der Waals surface area contributed by atoms with Crippen LogP contribution in [0, 0.1) is 12.8 Å². The average Bonchev–Trinajstić information content (AvgIpc) is 2.71. The van der Waals surface area contributed by atoms with Gasteiger partial charge in [-0.1, -0.05) is 35.0 Å². The van der Waals surface area contributed by atoms with Crippen LogP contribution in [0.1, 0.15) is 18.1 Å². The van der Waals surface area contributed by atoms with Crippen molar-refractivity contribution in [2.24, 2.45) is 5.92 Å². The van der Waals surface area contributed by atoms with Crippen LogP contribution in [0.4, 0.5) is 5.69 Å². The van der Waals surface area contributed by atoms with Gasteiger partial charge in [0.15, 0.2) is 0 Å². The number of hydrogen-bond acceptors (Lipinski definition) is 2. The van der Waals surface area contributed by atoms with Crippen LogP contribution in [0.5, 0.6) is 0 Å². The molecule has 0 aliphatic carbocycles. The Morgan fingerprint density at radius 2 is 2.06 bits per heavy atom. The van der Waals surface area contributed by atoms with E-state index in [1.54, 1.807) is 0 Å². The highest BCUT2D eigenvalue weighted by atomic mass is 79.9. The van der Waals surface area contributed by atoms with Gasteiger partial charge in [0.1, 0.15) is 0 Å². The summed E-state index contributed by atoms with van der Waals surface area (Å²) in [6.07, 6.45) is 0. The summed E-state index contributed by atoms with van der Waals surface area (Å²) >= 11 is 3.52. The summed E-state index contributed by atoms with van der Waals surface area (Å²) in [6, 6.07) is 7.46. The molecule has 0 aromatic heterocycles. The molecule has 2 atom stereocenters. The van der Waals surface area contributed by atoms with Gasteiger partial charge in [0.25, 0.3) is 0 Å². The average molecular weight is 311 g/mol. The van der Waals surface area contributed by atoms with E-state index in [-0.39, 0.29) is 0 Å². The Balaban J connectivity index is 2.18. The van der Waals surface area contributed by atoms with Crippen molar-refractivity contribution >= 4 is 21.6 Å². The van der Waals surface area contributed by atoms with Crippen LogP contribution in [0.3, 0.4) is 0 Å². The fourth-order valence-electron chi connectivity index (χ4n) is 2.97. The number of benzene rings is 1. The molecular formula is C15H23BrN2. The van der Waals surface area contributed by atoms with Crippen LogP contribution in [0.15, 0.2) is 18.2 Å². The van der Waals surface area contributed by atoms with E-state index in [2.05, 4.69) is 71.9 Å². The second kappa shape index (κ2) is 5.62. The van der Waals surface area contributed by atoms with E-state index < -0.39 is 0 Å². The summed E-state index contributed by atoms with van der Waals surface area (Å²) < 4.78 is 0. The molecule has 0 N–H and O–H groups in total. The largest absolute Gasteiger partial charge is 0.369 e. The summed E-state index contributed by atoms with van der Waals surface area (Å²) in [5.74, 6) is 0.732. The van der Waals surface area contributed by atoms with Crippen molar-refractivity contribution in [3.63, 3.8) is 0 Å². The van der Waals surface area contributed by atoms with Crippen LogP contribution in [0.25, 0.3) is 0 Å². The number of nitrogens with zero attached hydrogens (tertiary/aromatic N) is 2. The van der Waals surface area contributed by atoms with Crippen LogP contribution in [0.2, 0.25) is 0 Å². The lowest BCUT2D eigenvalue weighted by Gasteiger charge is -2.24. The highest BCUT2D eigenvalue weighted by molar-refractivity contribution is 9.08. The maximum atomic E-state index is 3.52. The van der Waals surface area contributed by atoms with E-state index >= 15 is 0 Å². The first-order chi connectivity index (χ1) is 8.52. The third kappa shape index (κ3) is 2.72. The molecule has 3 heteroatoms. The van der Waals surface area contributed by atoms with Crippen molar-refractivity contribution in [1.29, 1.82) is 0 Å². The molecule has 1 heterocycles. The molecule has 2 nitrogen and oxygen atoms in total. The lowest BCUT2D eigenvalue weighted by atomic mass is 10.1. The van der Waals surface area contributed by atoms with Gasteiger partial charge in [0.2, 0.25) is 0 Å². The number of anilines is 1. The smallest absolute Gasteiger partial charge is 0.0396 e. The van der Waals surface area contributed by atoms with Gasteiger partial charge in [-0.25, -0.2) is 0 Å². The maximum Gasteiger partial charge on any atom is 0.0396 e. The number of rotatable bonds is 3. The van der Waals surface area contributed by atoms with Gasteiger partial charge >= 0.3 is 0 Å². The Bertz CT molecular complexity index is 417. The molecule has 0 amide bonds. The van der Waals surface area contributed by atoms with Gasteiger partial charge < -0.3 is 9.80 Å². The van der Waals surface area contributed by atoms with Gasteiger partial charge in [0.05, 0.1) is 0 Å². The standard InChI is InChI=1S/C15H23BrN2/c1-11-7-13(8-16)5-6-14(11)18-9-12(2)15(10-18)17(3)4/h5-7,12,15H,8-10H2,1-4H3. The molecule has 0 spiro atoms. The minimum atomic E-state index is 0.667. The minimum absolute atomic E-state index is 0.667. The van der Waals surface area contributed by atoms with Gasteiger partial charge in [-0.2, -0.15) is 0 Å². The van der Waals surface area contributed by atoms with E-state index in [4.69, 9.17) is 0 Å². The van der Waals surface area contributed by atoms with Crippen molar-refractivity contribution in [3.05, 3.63) is 29.3 Å². The lowest BCUT2D eigenvalue weighted by Crippen LogP contribution is -2.34. The monoisotopic (exact) mass is 310 g/mol. The molecule has 0 radical (unpaired) electrons. The zero-order chi connectivity index (χ0) is 13.3. The maximum absolute atomic E-state index is 3.52. The molecule has 100 valence electrons. The molecule has 18 heavy (non-hydrogen) atoms. The van der Waals surface area contributed by atoms with Crippen molar-refractivity contribution in [2.75, 3.05) is 32.1 Å². The molecule has 2 rings (SSSR count). The summed E-state index contributed by atoms with van der Waals surface area (Å²) in [6.45, 7) is 6.88. The van der Waals surface area contributed by atoms with Crippen molar-refractivity contribution in [3.8, 4) is 0 Å². The fourth-order valence-corrected chi connectivity index (χ4v) is 3.32. The molecule has 1 aromatic rings. The highest BCUT2D eigenvalue weighted by Crippen LogP contribution is 2.29. The summed E-state index contributed by atoms with van der Waals surface area (Å²) in [5.41, 5.74) is 4.14. The Morgan fingerprint density at radius 1 is 1.33 bits per heavy atom. The van der Waals surface area contributed by atoms with Crippen LogP contribution >= 0.6 is 15.9 Å². The molecule has 1 aliphatic rings. The van der Waals surface area contributed by atoms with Crippen molar-refractivity contribution in [1.82, 2.24) is 4.90 Å². The van der Waals surface area contributed by atoms with E-state index in [1.807, 2.05) is 0 Å². The van der Waals surface area contributed by atoms with Gasteiger partial charge in [-0.05, 0) is 44.1 Å². The predicted molar refractivity (Wildman–Crippen MR) is 82.7 cm³/mol. The van der Waals surface area contributed by atoms with Gasteiger partial charge in [-0.15, -0.1) is 0 Å². The van der Waals surface area contributed by atoms with Crippen LogP contribution in [-0.4, -0.2) is 38.1 Å². The molecule has 1 saturated heterocycles. The zero-order valence-corrected chi connectivity index (χ0v) is 13.4. The molecule has 0 saturated carbocycles. The third-order valence-electron chi connectivity index (χ3n) is 3.99. The normalized spacial score (nSPS) is 24.0. The first-order valence-corrected chi connectivity index (χ1v) is 7.72. The highest BCUT2D eigenvalue weighted by Gasteiger charge is 2.31. The van der Waals surface area contributed by atoms with E-state index in [1.165, 1.54) is 16.8 Å². The minimum Gasteiger partial charge on any atom is -0.369 e. The zero-order valence-electron chi connectivity index (χ0n) is 11.8. The second-order valence-corrected chi connectivity index (χ2v) is 6.23. The Morgan fingerprint density at radius 3 is 2.56 bits per heavy atom. The first kappa shape index (κ1) is 13.9. The summed E-state index contributed by atoms with van der Waals surface area (Å²) in [5, 5.41) is 0.935. The molecule has 1 fully saturated rings. The number of hydrogen-bond donors (Lipinski definition) is 0. The Kier molecular flexibility index (Phi) is 4.33. The number of halogens is 1. The predicted octanol–water partition coefficient (Wildman–Crippen LogP) is 3.28. The lowest BCUT2D eigenvalue weighted by molar-refractivity contribution is 0.266. The Hall–Kier alpha value is -0.540. The van der Waals surface area contributed by atoms with E-state index in [9.17, 15) is 0 Å². The van der Waals surface area contributed by atoms with Gasteiger partial charge in [0, 0.05) is 30.1 Å². The van der Waals surface area contributed by atoms with Crippen LogP contribution in [-0.2, 0) is 5.33 Å². The topological polar surface area (TPSA) is 6.48 Å². The SMILES string of the molecule is Cc1cc(CBr)ccc1N1CC(C)C(N(C)C)C1. The first-order valence-electron chi connectivity index (χ1n) is 6.59. The quantitative estimate of drug-likeness (QED) is 0.791. The number of alkyl halides is 1. The third-order valence-corrected chi connectivity index (χ3v) is 4.64. The molecule has 0 bridgehead atoms. The van der Waals surface area contributed by atoms with Crippen molar-refractivity contribution in [2.45, 2.75) is 25.2 Å². The summed E-state index contributed by atoms with van der Waals surface area (Å²) in [4.78, 5) is 4.88. The molecule has 1 aliphatic heterocycles. The number of aryl methyl sites for hydroxylation is 1. The fraction of sp³-hybridized carbons (Fsp3) is 0.600. The summed E-state index contributed by atoms with van der Waals surface area (Å²) in [7, 11) is 4.37. The van der Waals surface area contributed by atoms with E-state index in [0.717, 1.165) is 24.3 Å². The molecule has 2 unspecified atom stereocenters. The molecular weight excluding hydrogens is 288 g/mol. The van der Waals surface area contributed by atoms with Crippen LogP contribution < -0.4 is 4.90 Å².